The third kappa shape index (κ3) is 2.77. The fourth-order valence-corrected chi connectivity index (χ4v) is 3.14. The van der Waals surface area contributed by atoms with Crippen LogP contribution < -0.4 is 10.7 Å². The Morgan fingerprint density at radius 3 is 2.95 bits per heavy atom. The highest BCUT2D eigenvalue weighted by atomic mass is 32.1. The van der Waals surface area contributed by atoms with Gasteiger partial charge in [-0.05, 0) is 43.1 Å². The first-order chi connectivity index (χ1) is 9.74. The predicted molar refractivity (Wildman–Crippen MR) is 86.2 cm³/mol. The van der Waals surface area contributed by atoms with Crippen molar-refractivity contribution < 1.29 is 0 Å². The zero-order valence-electron chi connectivity index (χ0n) is 11.7. The second-order valence-corrected chi connectivity index (χ2v) is 5.97. The molecule has 0 spiro atoms. The van der Waals surface area contributed by atoms with E-state index in [0.29, 0.717) is 17.1 Å². The van der Waals surface area contributed by atoms with Crippen LogP contribution in [-0.2, 0) is 0 Å². The molecule has 0 saturated heterocycles. The van der Waals surface area contributed by atoms with Crippen LogP contribution in [0.15, 0.2) is 30.6 Å². The molecule has 3 rings (SSSR count). The van der Waals surface area contributed by atoms with E-state index in [1.54, 1.807) is 6.33 Å². The maximum atomic E-state index is 5.43. The lowest BCUT2D eigenvalue weighted by atomic mass is 9.86. The Morgan fingerprint density at radius 1 is 1.30 bits per heavy atom. The van der Waals surface area contributed by atoms with E-state index in [0.717, 1.165) is 11.0 Å². The zero-order valence-corrected chi connectivity index (χ0v) is 12.5. The number of rotatable bonds is 2. The van der Waals surface area contributed by atoms with Crippen molar-refractivity contribution >= 4 is 28.4 Å². The second-order valence-electron chi connectivity index (χ2n) is 5.56. The molecule has 0 bridgehead atoms. The van der Waals surface area contributed by atoms with Crippen LogP contribution >= 0.6 is 12.2 Å². The summed E-state index contributed by atoms with van der Waals surface area (Å²) in [5.41, 5.74) is 5.21. The number of nitrogens with zero attached hydrogens (tertiary/aromatic N) is 2. The molecule has 2 N–H and O–H groups in total. The number of hydrogen-bond acceptors (Lipinski definition) is 2. The standard InChI is InChI=1S/C15H20N4S/c1-11-6-2-3-7-12(11)17-15(20)18-19-10-16-13-8-4-5-9-14(13)19/h4-5,8-12H,2-3,6-7H2,1H3,(H2,17,18,20)/t11-,12+/m1/s1. The highest BCUT2D eigenvalue weighted by Gasteiger charge is 2.21. The predicted octanol–water partition coefficient (Wildman–Crippen LogP) is 3.03. The fraction of sp³-hybridized carbons (Fsp3) is 0.467. The van der Waals surface area contributed by atoms with Crippen molar-refractivity contribution in [3.63, 3.8) is 0 Å². The molecule has 0 radical (unpaired) electrons. The summed E-state index contributed by atoms with van der Waals surface area (Å²) < 4.78 is 1.87. The number of imidazole rings is 1. The Hall–Kier alpha value is -1.62. The quantitative estimate of drug-likeness (QED) is 0.834. The van der Waals surface area contributed by atoms with E-state index < -0.39 is 0 Å². The molecule has 2 aromatic rings. The lowest BCUT2D eigenvalue weighted by Crippen LogP contribution is -2.44. The van der Waals surface area contributed by atoms with E-state index in [1.807, 2.05) is 28.9 Å². The summed E-state index contributed by atoms with van der Waals surface area (Å²) in [6.07, 6.45) is 6.88. The highest BCUT2D eigenvalue weighted by Crippen LogP contribution is 2.23. The van der Waals surface area contributed by atoms with Crippen LogP contribution in [0.4, 0.5) is 0 Å². The topological polar surface area (TPSA) is 41.9 Å². The van der Waals surface area contributed by atoms with Crippen LogP contribution in [-0.4, -0.2) is 20.8 Å². The Morgan fingerprint density at radius 2 is 2.10 bits per heavy atom. The third-order valence-corrected chi connectivity index (χ3v) is 4.31. The summed E-state index contributed by atoms with van der Waals surface area (Å²) in [7, 11) is 0. The van der Waals surface area contributed by atoms with E-state index in [-0.39, 0.29) is 0 Å². The van der Waals surface area contributed by atoms with E-state index in [2.05, 4.69) is 22.7 Å². The minimum absolute atomic E-state index is 0.485. The molecule has 106 valence electrons. The summed E-state index contributed by atoms with van der Waals surface area (Å²) in [6.45, 7) is 2.30. The highest BCUT2D eigenvalue weighted by molar-refractivity contribution is 7.80. The van der Waals surface area contributed by atoms with Gasteiger partial charge in [-0.25, -0.2) is 9.66 Å². The van der Waals surface area contributed by atoms with Crippen molar-refractivity contribution in [1.29, 1.82) is 0 Å². The van der Waals surface area contributed by atoms with Gasteiger partial charge in [-0.15, -0.1) is 0 Å². The zero-order chi connectivity index (χ0) is 13.9. The summed E-state index contributed by atoms with van der Waals surface area (Å²) >= 11 is 5.43. The molecule has 1 fully saturated rings. The molecule has 2 atom stereocenters. The van der Waals surface area contributed by atoms with Gasteiger partial charge in [0.2, 0.25) is 0 Å². The van der Waals surface area contributed by atoms with E-state index >= 15 is 0 Å². The van der Waals surface area contributed by atoms with Gasteiger partial charge in [-0.1, -0.05) is 31.9 Å². The van der Waals surface area contributed by atoms with E-state index in [1.165, 1.54) is 25.7 Å². The summed E-state index contributed by atoms with van der Waals surface area (Å²) in [5.74, 6) is 0.683. The molecule has 1 aliphatic rings. The minimum atomic E-state index is 0.485. The largest absolute Gasteiger partial charge is 0.358 e. The number of aromatic nitrogens is 2. The van der Waals surface area contributed by atoms with Crippen molar-refractivity contribution in [1.82, 2.24) is 15.0 Å². The first-order valence-electron chi connectivity index (χ1n) is 7.23. The molecular formula is C15H20N4S. The number of para-hydroxylation sites is 2. The molecule has 5 heteroatoms. The Labute approximate surface area is 124 Å². The SMILES string of the molecule is C[C@@H]1CCCC[C@@H]1NC(=S)Nn1cnc2ccccc21. The van der Waals surface area contributed by atoms with Gasteiger partial charge in [0.25, 0.3) is 0 Å². The van der Waals surface area contributed by atoms with Crippen molar-refractivity contribution in [3.05, 3.63) is 30.6 Å². The molecule has 0 unspecified atom stereocenters. The van der Waals surface area contributed by atoms with Gasteiger partial charge >= 0.3 is 0 Å². The van der Waals surface area contributed by atoms with Crippen LogP contribution in [0.2, 0.25) is 0 Å². The number of hydrogen-bond donors (Lipinski definition) is 2. The van der Waals surface area contributed by atoms with E-state index in [9.17, 15) is 0 Å². The monoisotopic (exact) mass is 288 g/mol. The summed E-state index contributed by atoms with van der Waals surface area (Å²) in [6, 6.07) is 8.49. The molecule has 0 amide bonds. The molecule has 1 aliphatic carbocycles. The first kappa shape index (κ1) is 13.4. The molecule has 1 aromatic carbocycles. The first-order valence-corrected chi connectivity index (χ1v) is 7.64. The van der Waals surface area contributed by atoms with Gasteiger partial charge in [0.15, 0.2) is 5.11 Å². The fourth-order valence-electron chi connectivity index (χ4n) is 2.89. The average Bonchev–Trinajstić information content (AvgIpc) is 2.85. The molecular weight excluding hydrogens is 268 g/mol. The Kier molecular flexibility index (Phi) is 3.87. The summed E-state index contributed by atoms with van der Waals surface area (Å²) in [4.78, 5) is 4.35. The van der Waals surface area contributed by atoms with Crippen LogP contribution in [0.1, 0.15) is 32.6 Å². The number of fused-ring (bicyclic) bond motifs is 1. The van der Waals surface area contributed by atoms with Crippen LogP contribution in [0.25, 0.3) is 11.0 Å². The van der Waals surface area contributed by atoms with Gasteiger partial charge in [-0.3, -0.25) is 5.43 Å². The van der Waals surface area contributed by atoms with Crippen molar-refractivity contribution in [3.8, 4) is 0 Å². The van der Waals surface area contributed by atoms with E-state index in [4.69, 9.17) is 12.2 Å². The lowest BCUT2D eigenvalue weighted by Gasteiger charge is -2.30. The van der Waals surface area contributed by atoms with Crippen LogP contribution in [0, 0.1) is 5.92 Å². The number of nitrogens with one attached hydrogen (secondary N) is 2. The molecule has 1 aromatic heterocycles. The normalized spacial score (nSPS) is 22.6. The van der Waals surface area contributed by atoms with Gasteiger partial charge in [0.05, 0.1) is 11.0 Å². The van der Waals surface area contributed by atoms with Gasteiger partial charge < -0.3 is 5.32 Å². The van der Waals surface area contributed by atoms with Crippen molar-refractivity contribution in [2.24, 2.45) is 5.92 Å². The van der Waals surface area contributed by atoms with Crippen molar-refractivity contribution in [2.45, 2.75) is 38.6 Å². The number of benzene rings is 1. The molecule has 4 nitrogen and oxygen atoms in total. The average molecular weight is 288 g/mol. The molecule has 1 heterocycles. The minimum Gasteiger partial charge on any atom is -0.358 e. The van der Waals surface area contributed by atoms with Gasteiger partial charge in [0, 0.05) is 6.04 Å². The second kappa shape index (κ2) is 5.79. The maximum absolute atomic E-state index is 5.43. The van der Waals surface area contributed by atoms with Gasteiger partial charge in [-0.2, -0.15) is 0 Å². The molecule has 1 saturated carbocycles. The third-order valence-electron chi connectivity index (χ3n) is 4.10. The maximum Gasteiger partial charge on any atom is 0.185 e. The van der Waals surface area contributed by atoms with Crippen molar-refractivity contribution in [2.75, 3.05) is 5.43 Å². The van der Waals surface area contributed by atoms with Crippen LogP contribution in [0.5, 0.6) is 0 Å². The lowest BCUT2D eigenvalue weighted by molar-refractivity contribution is 0.309. The summed E-state index contributed by atoms with van der Waals surface area (Å²) in [5, 5.41) is 4.12. The smallest absolute Gasteiger partial charge is 0.185 e. The molecule has 20 heavy (non-hydrogen) atoms. The van der Waals surface area contributed by atoms with Gasteiger partial charge in [0.1, 0.15) is 6.33 Å². The Bertz CT molecular complexity index is 607. The molecule has 0 aliphatic heterocycles. The Balaban J connectivity index is 1.66. The number of thiocarbonyl (C=S) groups is 1. The van der Waals surface area contributed by atoms with Crippen LogP contribution in [0.3, 0.4) is 0 Å².